The van der Waals surface area contributed by atoms with Gasteiger partial charge < -0.3 is 4.74 Å². The van der Waals surface area contributed by atoms with Gasteiger partial charge >= 0.3 is 0 Å². The Labute approximate surface area is 106 Å². The van der Waals surface area contributed by atoms with Gasteiger partial charge in [-0.1, -0.05) is 27.2 Å². The van der Waals surface area contributed by atoms with Gasteiger partial charge in [-0.15, -0.1) is 0 Å². The van der Waals surface area contributed by atoms with E-state index in [-0.39, 0.29) is 0 Å². The molecule has 0 aliphatic heterocycles. The summed E-state index contributed by atoms with van der Waals surface area (Å²) in [6.07, 6.45) is 2.30. The van der Waals surface area contributed by atoms with Crippen LogP contribution >= 0.6 is 22.6 Å². The molecule has 15 heavy (non-hydrogen) atoms. The Hall–Kier alpha value is -0.250. The van der Waals surface area contributed by atoms with E-state index in [0.717, 1.165) is 18.8 Å². The van der Waals surface area contributed by atoms with Gasteiger partial charge in [0.1, 0.15) is 5.75 Å². The zero-order valence-electron chi connectivity index (χ0n) is 9.64. The fraction of sp³-hybridized carbons (Fsp3) is 0.462. The predicted molar refractivity (Wildman–Crippen MR) is 73.3 cm³/mol. The van der Waals surface area contributed by atoms with E-state index in [1.807, 2.05) is 0 Å². The van der Waals surface area contributed by atoms with Gasteiger partial charge in [-0.3, -0.25) is 0 Å². The third kappa shape index (κ3) is 4.41. The summed E-state index contributed by atoms with van der Waals surface area (Å²) in [5.41, 5.74) is 1.27. The molecular weight excluding hydrogens is 299 g/mol. The van der Waals surface area contributed by atoms with Crippen LogP contribution in [0, 0.1) is 9.49 Å². The second-order valence-corrected chi connectivity index (χ2v) is 5.12. The summed E-state index contributed by atoms with van der Waals surface area (Å²) in [6, 6.07) is 6.39. The van der Waals surface area contributed by atoms with E-state index in [2.05, 4.69) is 61.6 Å². The van der Waals surface area contributed by atoms with Gasteiger partial charge in [0.25, 0.3) is 0 Å². The van der Waals surface area contributed by atoms with Crippen molar-refractivity contribution in [3.05, 3.63) is 33.3 Å². The van der Waals surface area contributed by atoms with Gasteiger partial charge in [0.15, 0.2) is 0 Å². The Balaban J connectivity index is 2.71. The van der Waals surface area contributed by atoms with Crippen LogP contribution in [0.1, 0.15) is 39.2 Å². The van der Waals surface area contributed by atoms with Crippen LogP contribution in [0.15, 0.2) is 18.2 Å². The molecule has 83 valence electrons. The van der Waals surface area contributed by atoms with Crippen LogP contribution in [0.4, 0.5) is 0 Å². The molecule has 0 spiro atoms. The highest BCUT2D eigenvalue weighted by molar-refractivity contribution is 14.1. The van der Waals surface area contributed by atoms with Crippen LogP contribution in [0.3, 0.4) is 0 Å². The van der Waals surface area contributed by atoms with Crippen LogP contribution in [0.5, 0.6) is 5.75 Å². The first-order chi connectivity index (χ1) is 7.13. The van der Waals surface area contributed by atoms with Crippen LogP contribution in [0.25, 0.3) is 0 Å². The molecule has 1 rings (SSSR count). The van der Waals surface area contributed by atoms with Crippen molar-refractivity contribution in [3.63, 3.8) is 0 Å². The summed E-state index contributed by atoms with van der Waals surface area (Å²) in [6.45, 7) is 7.24. The SMILES string of the molecule is CCCCOc1cc(I)cc([C](C)C)c1. The molecule has 0 aliphatic carbocycles. The Kier molecular flexibility index (Phi) is 5.43. The van der Waals surface area contributed by atoms with E-state index in [0.29, 0.717) is 0 Å². The Morgan fingerprint density at radius 3 is 2.60 bits per heavy atom. The fourth-order valence-corrected chi connectivity index (χ4v) is 1.91. The maximum absolute atomic E-state index is 5.70. The van der Waals surface area contributed by atoms with Crippen molar-refractivity contribution in [2.45, 2.75) is 33.6 Å². The van der Waals surface area contributed by atoms with Crippen molar-refractivity contribution < 1.29 is 4.74 Å². The minimum Gasteiger partial charge on any atom is -0.494 e. The molecule has 0 unspecified atom stereocenters. The van der Waals surface area contributed by atoms with Gasteiger partial charge in [0.2, 0.25) is 0 Å². The molecule has 0 fully saturated rings. The topological polar surface area (TPSA) is 9.23 Å². The molecule has 2 heteroatoms. The first-order valence-corrected chi connectivity index (χ1v) is 6.45. The number of hydrogen-bond acceptors (Lipinski definition) is 1. The zero-order valence-corrected chi connectivity index (χ0v) is 11.8. The van der Waals surface area contributed by atoms with Crippen molar-refractivity contribution in [3.8, 4) is 5.75 Å². The van der Waals surface area contributed by atoms with Gasteiger partial charge in [0.05, 0.1) is 6.61 Å². The van der Waals surface area contributed by atoms with Crippen molar-refractivity contribution in [1.82, 2.24) is 0 Å². The lowest BCUT2D eigenvalue weighted by Crippen LogP contribution is -1.98. The molecule has 0 atom stereocenters. The lowest BCUT2D eigenvalue weighted by molar-refractivity contribution is 0.309. The summed E-state index contributed by atoms with van der Waals surface area (Å²) >= 11 is 2.33. The van der Waals surface area contributed by atoms with Gasteiger partial charge in [-0.2, -0.15) is 0 Å². The van der Waals surface area contributed by atoms with Crippen molar-refractivity contribution in [1.29, 1.82) is 0 Å². The van der Waals surface area contributed by atoms with Gasteiger partial charge in [0, 0.05) is 3.57 Å². The van der Waals surface area contributed by atoms with E-state index in [4.69, 9.17) is 4.74 Å². The largest absolute Gasteiger partial charge is 0.494 e. The van der Waals surface area contributed by atoms with Crippen LogP contribution in [-0.2, 0) is 0 Å². The Bertz CT molecular complexity index is 307. The van der Waals surface area contributed by atoms with Crippen molar-refractivity contribution in [2.24, 2.45) is 0 Å². The molecule has 1 radical (unpaired) electrons. The highest BCUT2D eigenvalue weighted by Gasteiger charge is 2.04. The van der Waals surface area contributed by atoms with E-state index >= 15 is 0 Å². The minimum absolute atomic E-state index is 0.818. The number of hydrogen-bond donors (Lipinski definition) is 0. The fourth-order valence-electron chi connectivity index (χ4n) is 1.27. The maximum atomic E-state index is 5.70. The van der Waals surface area contributed by atoms with E-state index in [1.54, 1.807) is 0 Å². The van der Waals surface area contributed by atoms with E-state index in [1.165, 1.54) is 21.5 Å². The second-order valence-electron chi connectivity index (χ2n) is 3.88. The van der Waals surface area contributed by atoms with E-state index in [9.17, 15) is 0 Å². The smallest absolute Gasteiger partial charge is 0.120 e. The standard InChI is InChI=1S/C13H18IO/c1-4-5-6-15-13-8-11(10(2)3)7-12(14)9-13/h7-9H,4-6H2,1-3H3. The maximum Gasteiger partial charge on any atom is 0.120 e. The zero-order chi connectivity index (χ0) is 11.3. The molecule has 0 aliphatic rings. The van der Waals surface area contributed by atoms with E-state index < -0.39 is 0 Å². The Morgan fingerprint density at radius 2 is 2.00 bits per heavy atom. The number of benzene rings is 1. The molecule has 0 bridgehead atoms. The molecule has 1 aromatic rings. The molecule has 0 saturated carbocycles. The quantitative estimate of drug-likeness (QED) is 0.576. The lowest BCUT2D eigenvalue weighted by Gasteiger charge is -2.10. The molecule has 1 nitrogen and oxygen atoms in total. The van der Waals surface area contributed by atoms with Crippen LogP contribution in [0.2, 0.25) is 0 Å². The van der Waals surface area contributed by atoms with Crippen LogP contribution in [-0.4, -0.2) is 6.61 Å². The molecule has 0 saturated heterocycles. The summed E-state index contributed by atoms with van der Waals surface area (Å²) in [5, 5.41) is 0. The second kappa shape index (κ2) is 6.36. The highest BCUT2D eigenvalue weighted by Crippen LogP contribution is 2.23. The Morgan fingerprint density at radius 1 is 1.27 bits per heavy atom. The number of rotatable bonds is 5. The number of ether oxygens (including phenoxy) is 1. The molecular formula is C13H18IO. The van der Waals surface area contributed by atoms with Crippen molar-refractivity contribution >= 4 is 22.6 Å². The van der Waals surface area contributed by atoms with Crippen molar-refractivity contribution in [2.75, 3.05) is 6.61 Å². The molecule has 1 aromatic carbocycles. The average Bonchev–Trinajstić information content (AvgIpc) is 2.17. The summed E-state index contributed by atoms with van der Waals surface area (Å²) in [4.78, 5) is 0. The van der Waals surface area contributed by atoms with Gasteiger partial charge in [-0.25, -0.2) is 0 Å². The normalized spacial score (nSPS) is 10.7. The predicted octanol–water partition coefficient (Wildman–Crippen LogP) is 4.43. The first kappa shape index (κ1) is 12.8. The van der Waals surface area contributed by atoms with Gasteiger partial charge in [-0.05, 0) is 58.7 Å². The van der Waals surface area contributed by atoms with Crippen LogP contribution < -0.4 is 4.74 Å². The molecule has 0 N–H and O–H groups in total. The molecule has 0 amide bonds. The highest BCUT2D eigenvalue weighted by atomic mass is 127. The lowest BCUT2D eigenvalue weighted by atomic mass is 10.0. The average molecular weight is 317 g/mol. The minimum atomic E-state index is 0.818. The number of unbranched alkanes of at least 4 members (excludes halogenated alkanes) is 1. The summed E-state index contributed by atoms with van der Waals surface area (Å²) in [7, 11) is 0. The summed E-state index contributed by atoms with van der Waals surface area (Å²) < 4.78 is 6.93. The molecule has 0 aromatic heterocycles. The molecule has 0 heterocycles. The number of halogens is 1. The third-order valence-corrected chi connectivity index (χ3v) is 2.84. The monoisotopic (exact) mass is 317 g/mol. The third-order valence-electron chi connectivity index (χ3n) is 2.22. The summed E-state index contributed by atoms with van der Waals surface area (Å²) in [5.74, 6) is 2.32. The first-order valence-electron chi connectivity index (χ1n) is 5.37.